The third-order valence-corrected chi connectivity index (χ3v) is 3.23. The molecule has 1 atom stereocenters. The maximum absolute atomic E-state index is 11.6. The Morgan fingerprint density at radius 3 is 2.61 bits per heavy atom. The maximum Gasteiger partial charge on any atom is 0.243 e. The van der Waals surface area contributed by atoms with Crippen LogP contribution in [0.4, 0.5) is 5.69 Å². The SMILES string of the molecule is Cl.NCC(=O)NCC(=O)Nc1ccc(OCC2CCCO2)cc1. The van der Waals surface area contributed by atoms with Gasteiger partial charge in [-0.1, -0.05) is 0 Å². The molecule has 1 saturated heterocycles. The predicted octanol–water partition coefficient (Wildman–Crippen LogP) is 0.680. The van der Waals surface area contributed by atoms with E-state index in [4.69, 9.17) is 15.2 Å². The van der Waals surface area contributed by atoms with Crippen molar-refractivity contribution in [3.63, 3.8) is 0 Å². The first kappa shape index (κ1) is 19.2. The molecule has 2 amide bonds. The van der Waals surface area contributed by atoms with Crippen LogP contribution in [-0.2, 0) is 14.3 Å². The molecule has 0 aliphatic carbocycles. The van der Waals surface area contributed by atoms with Gasteiger partial charge < -0.3 is 25.8 Å². The summed E-state index contributed by atoms with van der Waals surface area (Å²) in [6.45, 7) is 1.11. The summed E-state index contributed by atoms with van der Waals surface area (Å²) in [7, 11) is 0. The van der Waals surface area contributed by atoms with Crippen molar-refractivity contribution in [3.05, 3.63) is 24.3 Å². The van der Waals surface area contributed by atoms with Crippen LogP contribution in [0.15, 0.2) is 24.3 Å². The van der Waals surface area contributed by atoms with E-state index in [1.807, 2.05) is 0 Å². The zero-order valence-electron chi connectivity index (χ0n) is 12.7. The smallest absolute Gasteiger partial charge is 0.243 e. The van der Waals surface area contributed by atoms with Crippen LogP contribution in [0.2, 0.25) is 0 Å². The van der Waals surface area contributed by atoms with Crippen LogP contribution < -0.4 is 21.1 Å². The fraction of sp³-hybridized carbons (Fsp3) is 0.467. The predicted molar refractivity (Wildman–Crippen MR) is 88.9 cm³/mol. The lowest BCUT2D eigenvalue weighted by Crippen LogP contribution is -2.36. The number of anilines is 1. The van der Waals surface area contributed by atoms with E-state index in [2.05, 4.69) is 10.6 Å². The first-order valence-corrected chi connectivity index (χ1v) is 7.28. The first-order valence-electron chi connectivity index (χ1n) is 7.28. The van der Waals surface area contributed by atoms with E-state index in [-0.39, 0.29) is 43.4 Å². The second-order valence-corrected chi connectivity index (χ2v) is 5.00. The molecule has 0 bridgehead atoms. The number of ether oxygens (including phenoxy) is 2. The number of halogens is 1. The van der Waals surface area contributed by atoms with Crippen LogP contribution in [0.1, 0.15) is 12.8 Å². The minimum atomic E-state index is -0.368. The first-order chi connectivity index (χ1) is 10.7. The summed E-state index contributed by atoms with van der Waals surface area (Å²) in [4.78, 5) is 22.6. The van der Waals surface area contributed by atoms with Gasteiger partial charge in [0.2, 0.25) is 11.8 Å². The number of nitrogens with one attached hydrogen (secondary N) is 2. The Bertz CT molecular complexity index is 504. The van der Waals surface area contributed by atoms with Gasteiger partial charge in [-0.05, 0) is 37.1 Å². The number of rotatable bonds is 7. The zero-order chi connectivity index (χ0) is 15.8. The Morgan fingerprint density at radius 2 is 2.00 bits per heavy atom. The Hall–Kier alpha value is -1.83. The van der Waals surface area contributed by atoms with Gasteiger partial charge in [0.15, 0.2) is 0 Å². The van der Waals surface area contributed by atoms with Crippen molar-refractivity contribution in [2.24, 2.45) is 5.73 Å². The molecule has 1 unspecified atom stereocenters. The minimum absolute atomic E-state index is 0. The molecule has 2 rings (SSSR count). The van der Waals surface area contributed by atoms with Gasteiger partial charge in [0.05, 0.1) is 19.2 Å². The second kappa shape index (κ2) is 10.0. The normalized spacial score (nSPS) is 16.3. The van der Waals surface area contributed by atoms with Crippen LogP contribution in [0.25, 0.3) is 0 Å². The number of hydrogen-bond acceptors (Lipinski definition) is 5. The van der Waals surface area contributed by atoms with Crippen molar-refractivity contribution in [1.82, 2.24) is 5.32 Å². The highest BCUT2D eigenvalue weighted by Gasteiger charge is 2.15. The van der Waals surface area contributed by atoms with Gasteiger partial charge >= 0.3 is 0 Å². The summed E-state index contributed by atoms with van der Waals surface area (Å²) in [6, 6.07) is 7.05. The molecule has 128 valence electrons. The Balaban J connectivity index is 0.00000264. The average molecular weight is 344 g/mol. The standard InChI is InChI=1S/C15H21N3O4.ClH/c16-8-14(19)17-9-15(20)18-11-3-5-12(6-4-11)22-10-13-2-1-7-21-13;/h3-6,13H,1-2,7-10,16H2,(H,17,19)(H,18,20);1H. The van der Waals surface area contributed by atoms with Crippen molar-refractivity contribution >= 4 is 29.9 Å². The highest BCUT2D eigenvalue weighted by atomic mass is 35.5. The number of carbonyl (C=O) groups is 2. The van der Waals surface area contributed by atoms with Gasteiger partial charge in [-0.2, -0.15) is 0 Å². The molecule has 0 spiro atoms. The number of nitrogens with two attached hydrogens (primary N) is 1. The van der Waals surface area contributed by atoms with Crippen molar-refractivity contribution in [2.75, 3.05) is 31.6 Å². The monoisotopic (exact) mass is 343 g/mol. The lowest BCUT2D eigenvalue weighted by molar-refractivity contribution is -0.123. The summed E-state index contributed by atoms with van der Waals surface area (Å²) < 4.78 is 11.1. The van der Waals surface area contributed by atoms with Gasteiger partial charge in [0, 0.05) is 12.3 Å². The highest BCUT2D eigenvalue weighted by molar-refractivity contribution is 5.94. The molecule has 8 heteroatoms. The Labute approximate surface area is 141 Å². The molecule has 1 aromatic rings. The van der Waals surface area contributed by atoms with E-state index in [0.29, 0.717) is 12.3 Å². The van der Waals surface area contributed by atoms with Crippen molar-refractivity contribution < 1.29 is 19.1 Å². The lowest BCUT2D eigenvalue weighted by Gasteiger charge is -2.12. The van der Waals surface area contributed by atoms with E-state index in [9.17, 15) is 9.59 Å². The summed E-state index contributed by atoms with van der Waals surface area (Å²) in [5.41, 5.74) is 5.77. The molecule has 1 heterocycles. The maximum atomic E-state index is 11.6. The third-order valence-electron chi connectivity index (χ3n) is 3.23. The van der Waals surface area contributed by atoms with Gasteiger partial charge in [0.25, 0.3) is 0 Å². The third kappa shape index (κ3) is 6.85. The second-order valence-electron chi connectivity index (χ2n) is 5.00. The molecule has 1 fully saturated rings. The Morgan fingerprint density at radius 1 is 1.26 bits per heavy atom. The largest absolute Gasteiger partial charge is 0.491 e. The summed E-state index contributed by atoms with van der Waals surface area (Å²) in [5.74, 6) is 0.0489. The molecule has 0 saturated carbocycles. The summed E-state index contributed by atoms with van der Waals surface area (Å²) >= 11 is 0. The minimum Gasteiger partial charge on any atom is -0.491 e. The van der Waals surface area contributed by atoms with E-state index in [0.717, 1.165) is 25.2 Å². The average Bonchev–Trinajstić information content (AvgIpc) is 3.05. The molecule has 1 aliphatic rings. The quantitative estimate of drug-likeness (QED) is 0.675. The molecular weight excluding hydrogens is 322 g/mol. The molecule has 1 aliphatic heterocycles. The van der Waals surface area contributed by atoms with Crippen molar-refractivity contribution in [2.45, 2.75) is 18.9 Å². The number of hydrogen-bond donors (Lipinski definition) is 3. The molecule has 0 aromatic heterocycles. The van der Waals surface area contributed by atoms with Gasteiger partial charge in [-0.3, -0.25) is 9.59 Å². The van der Waals surface area contributed by atoms with Crippen molar-refractivity contribution in [3.8, 4) is 5.75 Å². The van der Waals surface area contributed by atoms with Crippen molar-refractivity contribution in [1.29, 1.82) is 0 Å². The zero-order valence-corrected chi connectivity index (χ0v) is 13.6. The molecule has 4 N–H and O–H groups in total. The van der Waals surface area contributed by atoms with Crippen LogP contribution in [-0.4, -0.2) is 44.2 Å². The fourth-order valence-electron chi connectivity index (χ4n) is 2.06. The number of amides is 2. The van der Waals surface area contributed by atoms with Gasteiger partial charge in [0.1, 0.15) is 12.4 Å². The van der Waals surface area contributed by atoms with E-state index in [1.165, 1.54) is 0 Å². The summed E-state index contributed by atoms with van der Waals surface area (Å²) in [5, 5.41) is 5.07. The van der Waals surface area contributed by atoms with Crippen LogP contribution in [0.5, 0.6) is 5.75 Å². The van der Waals surface area contributed by atoms with Crippen LogP contribution in [0.3, 0.4) is 0 Å². The fourth-order valence-corrected chi connectivity index (χ4v) is 2.06. The molecule has 23 heavy (non-hydrogen) atoms. The molecule has 0 radical (unpaired) electrons. The van der Waals surface area contributed by atoms with E-state index < -0.39 is 0 Å². The van der Waals surface area contributed by atoms with E-state index in [1.54, 1.807) is 24.3 Å². The summed E-state index contributed by atoms with van der Waals surface area (Å²) in [6.07, 6.45) is 2.29. The van der Waals surface area contributed by atoms with Gasteiger partial charge in [-0.25, -0.2) is 0 Å². The number of carbonyl (C=O) groups excluding carboxylic acids is 2. The Kier molecular flexibility index (Phi) is 8.39. The van der Waals surface area contributed by atoms with Crippen LogP contribution >= 0.6 is 12.4 Å². The molecule has 7 nitrogen and oxygen atoms in total. The molecular formula is C15H22ClN3O4. The van der Waals surface area contributed by atoms with Crippen LogP contribution in [0, 0.1) is 0 Å². The van der Waals surface area contributed by atoms with E-state index >= 15 is 0 Å². The molecule has 1 aromatic carbocycles. The van der Waals surface area contributed by atoms with Gasteiger partial charge in [-0.15, -0.1) is 12.4 Å². The number of benzene rings is 1. The lowest BCUT2D eigenvalue weighted by atomic mass is 10.2. The topological polar surface area (TPSA) is 103 Å². The highest BCUT2D eigenvalue weighted by Crippen LogP contribution is 2.18.